The van der Waals surface area contributed by atoms with Gasteiger partial charge < -0.3 is 9.47 Å². The van der Waals surface area contributed by atoms with Gasteiger partial charge >= 0.3 is 0 Å². The fourth-order valence-corrected chi connectivity index (χ4v) is 10.3. The van der Waals surface area contributed by atoms with Crippen LogP contribution in [0.2, 0.25) is 0 Å². The molecule has 2 nitrogen and oxygen atoms in total. The summed E-state index contributed by atoms with van der Waals surface area (Å²) in [6.07, 6.45) is 0. The third kappa shape index (κ3) is 5.95. The molecule has 0 atom stereocenters. The summed E-state index contributed by atoms with van der Waals surface area (Å²) in [7, 11) is 0. The minimum Gasteiger partial charge on any atom is -0.310 e. The molecule has 10 aromatic carbocycles. The van der Waals surface area contributed by atoms with Crippen molar-refractivity contribution in [1.29, 1.82) is 0 Å². The summed E-state index contributed by atoms with van der Waals surface area (Å²) in [5.41, 5.74) is 18.9. The van der Waals surface area contributed by atoms with Crippen LogP contribution in [0.15, 0.2) is 255 Å². The smallest absolute Gasteiger partial charge is 0.0713 e. The molecule has 296 valence electrons. The summed E-state index contributed by atoms with van der Waals surface area (Å²) in [6.45, 7) is 0. The molecule has 1 aliphatic carbocycles. The maximum atomic E-state index is 2.41. The number of hydrogen-bond acceptors (Lipinski definition) is 1. The predicted octanol–water partition coefficient (Wildman–Crippen LogP) is 16.0. The molecule has 0 saturated heterocycles. The molecule has 11 aromatic rings. The van der Waals surface area contributed by atoms with Crippen LogP contribution in [0.1, 0.15) is 22.3 Å². The van der Waals surface area contributed by atoms with Gasteiger partial charge in [0.25, 0.3) is 0 Å². The van der Waals surface area contributed by atoms with Crippen LogP contribution in [-0.2, 0) is 5.41 Å². The monoisotopic (exact) mass is 802 g/mol. The number of nitrogens with zero attached hydrogens (tertiary/aromatic N) is 2. The minimum absolute atomic E-state index is 0.465. The highest BCUT2D eigenvalue weighted by atomic mass is 15.1. The van der Waals surface area contributed by atoms with E-state index < -0.39 is 5.41 Å². The molecular weight excluding hydrogens is 761 g/mol. The molecule has 0 fully saturated rings. The van der Waals surface area contributed by atoms with Gasteiger partial charge in [-0.15, -0.1) is 0 Å². The van der Waals surface area contributed by atoms with Gasteiger partial charge in [-0.1, -0.05) is 194 Å². The molecule has 1 heterocycles. The minimum atomic E-state index is -0.465. The molecule has 0 amide bonds. The van der Waals surface area contributed by atoms with Gasteiger partial charge in [0.15, 0.2) is 0 Å². The molecule has 2 heteroatoms. The normalized spacial score (nSPS) is 12.6. The van der Waals surface area contributed by atoms with Crippen LogP contribution in [0.3, 0.4) is 0 Å². The zero-order chi connectivity index (χ0) is 41.7. The van der Waals surface area contributed by atoms with E-state index in [1.807, 2.05) is 0 Å². The first-order chi connectivity index (χ1) is 31.3. The van der Waals surface area contributed by atoms with Gasteiger partial charge in [0.2, 0.25) is 0 Å². The third-order valence-corrected chi connectivity index (χ3v) is 13.1. The molecule has 0 spiro atoms. The highest BCUT2D eigenvalue weighted by Gasteiger charge is 2.45. The number of fused-ring (bicyclic) bond motifs is 6. The molecule has 0 N–H and O–H groups in total. The Morgan fingerprint density at radius 2 is 0.730 bits per heavy atom. The van der Waals surface area contributed by atoms with Crippen molar-refractivity contribution in [1.82, 2.24) is 4.57 Å². The van der Waals surface area contributed by atoms with Crippen LogP contribution in [0.5, 0.6) is 0 Å². The molecule has 1 aliphatic rings. The molecule has 0 aliphatic heterocycles. The maximum Gasteiger partial charge on any atom is 0.0713 e. The SMILES string of the molecule is c1ccc(-c2ccc(-c3ccc(N(c4ccc(C5(c6ccccc6)c6ccccc6-c6ccccc65)cc4)c4ccc5c(c4)c4ccccc4n5-c4ccccc4)cc3)cc2)cc1. The average Bonchev–Trinajstić information content (AvgIpc) is 3.86. The van der Waals surface area contributed by atoms with Crippen LogP contribution in [0.4, 0.5) is 17.1 Å². The number of aromatic nitrogens is 1. The van der Waals surface area contributed by atoms with Gasteiger partial charge in [0, 0.05) is 33.5 Å². The van der Waals surface area contributed by atoms with Crippen LogP contribution in [0, 0.1) is 0 Å². The van der Waals surface area contributed by atoms with Crippen molar-refractivity contribution in [2.24, 2.45) is 0 Å². The summed E-state index contributed by atoms with van der Waals surface area (Å²) in [4.78, 5) is 2.41. The highest BCUT2D eigenvalue weighted by Crippen LogP contribution is 2.56. The molecular formula is C61H42N2. The lowest BCUT2D eigenvalue weighted by atomic mass is 9.68. The first-order valence-corrected chi connectivity index (χ1v) is 21.8. The van der Waals surface area contributed by atoms with Crippen molar-refractivity contribution >= 4 is 38.9 Å². The molecule has 0 radical (unpaired) electrons. The predicted molar refractivity (Wildman–Crippen MR) is 264 cm³/mol. The quantitative estimate of drug-likeness (QED) is 0.149. The highest BCUT2D eigenvalue weighted by molar-refractivity contribution is 6.10. The van der Waals surface area contributed by atoms with Crippen LogP contribution >= 0.6 is 0 Å². The zero-order valence-corrected chi connectivity index (χ0v) is 34.6. The zero-order valence-electron chi connectivity index (χ0n) is 34.6. The lowest BCUT2D eigenvalue weighted by molar-refractivity contribution is 0.768. The van der Waals surface area contributed by atoms with E-state index in [0.29, 0.717) is 0 Å². The molecule has 63 heavy (non-hydrogen) atoms. The van der Waals surface area contributed by atoms with Crippen LogP contribution in [-0.4, -0.2) is 4.57 Å². The van der Waals surface area contributed by atoms with E-state index in [0.717, 1.165) is 22.7 Å². The van der Waals surface area contributed by atoms with E-state index in [1.54, 1.807) is 0 Å². The molecule has 0 unspecified atom stereocenters. The first-order valence-electron chi connectivity index (χ1n) is 21.8. The summed E-state index contributed by atoms with van der Waals surface area (Å²) in [6, 6.07) is 93.2. The van der Waals surface area contributed by atoms with Crippen molar-refractivity contribution in [3.63, 3.8) is 0 Å². The van der Waals surface area contributed by atoms with Gasteiger partial charge in [-0.2, -0.15) is 0 Å². The van der Waals surface area contributed by atoms with Crippen molar-refractivity contribution in [3.8, 4) is 39.1 Å². The Kier molecular flexibility index (Phi) is 8.76. The van der Waals surface area contributed by atoms with E-state index >= 15 is 0 Å². The second-order valence-electron chi connectivity index (χ2n) is 16.5. The number of benzene rings is 10. The Morgan fingerprint density at radius 1 is 0.302 bits per heavy atom. The van der Waals surface area contributed by atoms with Crippen molar-refractivity contribution in [2.75, 3.05) is 4.90 Å². The van der Waals surface area contributed by atoms with Crippen molar-refractivity contribution in [2.45, 2.75) is 5.41 Å². The second-order valence-corrected chi connectivity index (χ2v) is 16.5. The Morgan fingerprint density at radius 3 is 1.35 bits per heavy atom. The van der Waals surface area contributed by atoms with Crippen LogP contribution < -0.4 is 4.90 Å². The molecule has 0 bridgehead atoms. The maximum absolute atomic E-state index is 2.41. The van der Waals surface area contributed by atoms with Gasteiger partial charge in [0.05, 0.1) is 16.4 Å². The first kappa shape index (κ1) is 36.6. The van der Waals surface area contributed by atoms with Gasteiger partial charge in [0.1, 0.15) is 0 Å². The van der Waals surface area contributed by atoms with Gasteiger partial charge in [-0.05, 0) is 116 Å². The second kappa shape index (κ2) is 15.1. The van der Waals surface area contributed by atoms with Gasteiger partial charge in [-0.3, -0.25) is 0 Å². The average molecular weight is 803 g/mol. The largest absolute Gasteiger partial charge is 0.310 e. The third-order valence-electron chi connectivity index (χ3n) is 13.1. The van der Waals surface area contributed by atoms with Gasteiger partial charge in [-0.25, -0.2) is 0 Å². The lowest BCUT2D eigenvalue weighted by Crippen LogP contribution is -2.28. The Bertz CT molecular complexity index is 3360. The van der Waals surface area contributed by atoms with Crippen molar-refractivity contribution in [3.05, 3.63) is 277 Å². The fraction of sp³-hybridized carbons (Fsp3) is 0.0164. The van der Waals surface area contributed by atoms with Crippen LogP contribution in [0.25, 0.3) is 60.9 Å². The molecule has 0 saturated carbocycles. The van der Waals surface area contributed by atoms with E-state index in [4.69, 9.17) is 0 Å². The summed E-state index contributed by atoms with van der Waals surface area (Å²) in [5.74, 6) is 0. The number of para-hydroxylation sites is 2. The van der Waals surface area contributed by atoms with E-state index in [2.05, 4.69) is 264 Å². The fourth-order valence-electron chi connectivity index (χ4n) is 10.3. The number of rotatable bonds is 8. The molecule has 12 rings (SSSR count). The standard InChI is InChI=1S/C61H42N2/c1-4-16-43(17-5-1)44-28-30-45(31-29-44)46-32-36-50(37-33-46)62(52-40-41-60-56(42-52)55-24-12-15-27-59(55)63(60)49-20-8-3-9-21-49)51-38-34-48(35-39-51)61(47-18-6-2-7-19-47)57-25-13-10-22-53(57)54-23-11-14-26-58(54)61/h1-42H. The van der Waals surface area contributed by atoms with Crippen molar-refractivity contribution < 1.29 is 0 Å². The number of anilines is 3. The Balaban J connectivity index is 1.01. The lowest BCUT2D eigenvalue weighted by Gasteiger charge is -2.34. The summed E-state index contributed by atoms with van der Waals surface area (Å²) >= 11 is 0. The number of hydrogen-bond donors (Lipinski definition) is 0. The Hall–Kier alpha value is -8.20. The Labute approximate surface area is 368 Å². The van der Waals surface area contributed by atoms with E-state index in [9.17, 15) is 0 Å². The van der Waals surface area contributed by atoms with E-state index in [1.165, 1.54) is 77.4 Å². The summed E-state index contributed by atoms with van der Waals surface area (Å²) in [5, 5.41) is 2.44. The molecule has 1 aromatic heterocycles. The topological polar surface area (TPSA) is 8.17 Å². The van der Waals surface area contributed by atoms with E-state index in [-0.39, 0.29) is 0 Å². The summed E-state index contributed by atoms with van der Waals surface area (Å²) < 4.78 is 2.38.